The van der Waals surface area contributed by atoms with Crippen molar-refractivity contribution in [2.45, 2.75) is 25.0 Å². The van der Waals surface area contributed by atoms with E-state index in [2.05, 4.69) is 34.6 Å². The van der Waals surface area contributed by atoms with Crippen LogP contribution in [0.15, 0.2) is 40.9 Å². The SMILES string of the molecule is COC1=C2O[C@H]3C(=NNC(N)=O)C=C[C@H]4[C@H]5CC(C=C1)C2[C@@]34CCN5C.Cl. The summed E-state index contributed by atoms with van der Waals surface area (Å²) in [5, 5.41) is 4.26. The first-order valence-electron chi connectivity index (χ1n) is 9.20. The van der Waals surface area contributed by atoms with E-state index in [1.165, 1.54) is 0 Å². The summed E-state index contributed by atoms with van der Waals surface area (Å²) in [4.78, 5) is 13.6. The molecule has 7 nitrogen and oxygen atoms in total. The van der Waals surface area contributed by atoms with Crippen LogP contribution < -0.4 is 11.2 Å². The third-order valence-corrected chi connectivity index (χ3v) is 7.03. The van der Waals surface area contributed by atoms with Crippen molar-refractivity contribution >= 4 is 24.1 Å². The number of primary amides is 1. The minimum atomic E-state index is -0.665. The number of allylic oxidation sites excluding steroid dienone is 3. The van der Waals surface area contributed by atoms with Crippen LogP contribution >= 0.6 is 12.4 Å². The molecule has 0 aromatic heterocycles. The highest BCUT2D eigenvalue weighted by atomic mass is 35.5. The van der Waals surface area contributed by atoms with Gasteiger partial charge < -0.3 is 20.1 Å². The average Bonchev–Trinajstić information content (AvgIpc) is 2.98. The number of hydrazone groups is 1. The Morgan fingerprint density at radius 1 is 1.44 bits per heavy atom. The smallest absolute Gasteiger partial charge is 0.332 e. The Bertz CT molecular complexity index is 792. The van der Waals surface area contributed by atoms with Crippen LogP contribution in [0, 0.1) is 23.2 Å². The molecule has 0 aromatic carbocycles. The van der Waals surface area contributed by atoms with E-state index in [-0.39, 0.29) is 23.9 Å². The zero-order valence-electron chi connectivity index (χ0n) is 15.4. The van der Waals surface area contributed by atoms with E-state index in [0.29, 0.717) is 23.8 Å². The number of urea groups is 1. The Morgan fingerprint density at radius 2 is 2.26 bits per heavy atom. The highest BCUT2D eigenvalue weighted by molar-refractivity contribution is 6.01. The summed E-state index contributed by atoms with van der Waals surface area (Å²) >= 11 is 0. The molecule has 2 bridgehead atoms. The molecule has 3 N–H and O–H groups in total. The third-order valence-electron chi connectivity index (χ3n) is 7.03. The third kappa shape index (κ3) is 2.31. The first kappa shape index (κ1) is 18.4. The van der Waals surface area contributed by atoms with Crippen molar-refractivity contribution in [2.24, 2.45) is 34.0 Å². The van der Waals surface area contributed by atoms with Gasteiger partial charge in [-0.05, 0) is 44.5 Å². The van der Waals surface area contributed by atoms with Gasteiger partial charge in [0.25, 0.3) is 0 Å². The van der Waals surface area contributed by atoms with Crippen molar-refractivity contribution in [2.75, 3.05) is 20.7 Å². The number of likely N-dealkylation sites (tertiary alicyclic amines) is 1. The van der Waals surface area contributed by atoms with Crippen LogP contribution in [0.5, 0.6) is 0 Å². The number of rotatable bonds is 2. The van der Waals surface area contributed by atoms with Crippen LogP contribution in [0.4, 0.5) is 4.79 Å². The largest absolute Gasteiger partial charge is 0.493 e. The second-order valence-electron chi connectivity index (χ2n) is 7.97. The molecule has 27 heavy (non-hydrogen) atoms. The van der Waals surface area contributed by atoms with E-state index < -0.39 is 6.03 Å². The topological polar surface area (TPSA) is 89.2 Å². The maximum absolute atomic E-state index is 11.2. The molecule has 2 saturated heterocycles. The van der Waals surface area contributed by atoms with E-state index in [0.717, 1.165) is 36.6 Å². The summed E-state index contributed by atoms with van der Waals surface area (Å²) in [6.45, 7) is 1.04. The summed E-state index contributed by atoms with van der Waals surface area (Å²) in [5.41, 5.74) is 8.29. The van der Waals surface area contributed by atoms with Crippen LogP contribution in [0.1, 0.15) is 12.8 Å². The van der Waals surface area contributed by atoms with Gasteiger partial charge in [0.05, 0.1) is 7.11 Å². The molecular formula is C19H25ClN4O3. The zero-order chi connectivity index (χ0) is 18.1. The van der Waals surface area contributed by atoms with Crippen molar-refractivity contribution in [1.82, 2.24) is 10.3 Å². The van der Waals surface area contributed by atoms with E-state index in [9.17, 15) is 4.79 Å². The van der Waals surface area contributed by atoms with Gasteiger partial charge in [0.1, 0.15) is 17.6 Å². The summed E-state index contributed by atoms with van der Waals surface area (Å²) in [6.07, 6.45) is 10.6. The molecule has 8 heteroatoms. The lowest BCUT2D eigenvalue weighted by Gasteiger charge is -2.59. The highest BCUT2D eigenvalue weighted by Gasteiger charge is 2.69. The molecule has 6 atom stereocenters. The Kier molecular flexibility index (Phi) is 4.27. The molecule has 5 aliphatic rings. The van der Waals surface area contributed by atoms with Crippen LogP contribution in [0.25, 0.3) is 0 Å². The van der Waals surface area contributed by atoms with E-state index in [1.54, 1.807) is 7.11 Å². The lowest BCUT2D eigenvalue weighted by atomic mass is 9.48. The number of carbonyl (C=O) groups is 1. The molecule has 146 valence electrons. The number of halogens is 1. The van der Waals surface area contributed by atoms with Gasteiger partial charge in [0.2, 0.25) is 0 Å². The number of ether oxygens (including phenoxy) is 2. The van der Waals surface area contributed by atoms with Gasteiger partial charge in [-0.2, -0.15) is 5.10 Å². The quantitative estimate of drug-likeness (QED) is 0.701. The van der Waals surface area contributed by atoms with E-state index in [4.69, 9.17) is 15.2 Å². The molecule has 2 amide bonds. The van der Waals surface area contributed by atoms with Gasteiger partial charge >= 0.3 is 6.03 Å². The lowest BCUT2D eigenvalue weighted by molar-refractivity contribution is -0.0758. The van der Waals surface area contributed by atoms with Crippen molar-refractivity contribution in [3.05, 3.63) is 35.8 Å². The van der Waals surface area contributed by atoms with Crippen LogP contribution in [0.3, 0.4) is 0 Å². The van der Waals surface area contributed by atoms with Crippen molar-refractivity contribution in [3.8, 4) is 0 Å². The summed E-state index contributed by atoms with van der Waals surface area (Å²) in [7, 11) is 3.91. The normalized spacial score (nSPS) is 42.3. The average molecular weight is 393 g/mol. The maximum atomic E-state index is 11.2. The molecule has 3 fully saturated rings. The molecule has 2 aliphatic heterocycles. The van der Waals surface area contributed by atoms with Gasteiger partial charge in [-0.3, -0.25) is 0 Å². The number of carbonyl (C=O) groups excluding carboxylic acids is 1. The Balaban J connectivity index is 0.00000180. The summed E-state index contributed by atoms with van der Waals surface area (Å²) in [5.74, 6) is 2.91. The van der Waals surface area contributed by atoms with Gasteiger partial charge in [-0.1, -0.05) is 12.2 Å². The molecule has 2 heterocycles. The predicted octanol–water partition coefficient (Wildman–Crippen LogP) is 1.77. The molecule has 1 spiro atoms. The number of hydrogen-bond donors (Lipinski definition) is 2. The van der Waals surface area contributed by atoms with Crippen LogP contribution in [-0.4, -0.2) is 49.5 Å². The number of nitrogens with one attached hydrogen (secondary N) is 1. The minimum Gasteiger partial charge on any atom is -0.493 e. The summed E-state index contributed by atoms with van der Waals surface area (Å²) < 4.78 is 12.1. The van der Waals surface area contributed by atoms with Crippen LogP contribution in [0.2, 0.25) is 0 Å². The fraction of sp³-hybridized carbons (Fsp3) is 0.579. The van der Waals surface area contributed by atoms with Gasteiger partial charge in [0, 0.05) is 23.3 Å². The minimum absolute atomic E-state index is 0. The Labute approximate surface area is 164 Å². The first-order chi connectivity index (χ1) is 12.6. The number of piperidine rings is 1. The molecular weight excluding hydrogens is 368 g/mol. The molecule has 0 aromatic rings. The number of amides is 2. The second-order valence-corrected chi connectivity index (χ2v) is 7.97. The standard InChI is InChI=1S/C19H24N4O3.ClH/c1-23-8-7-19-11-4-5-12(21-22-18(20)24)17(19)26-16-14(25-2)6-3-10(15(16)19)9-13(11)23;/h3-6,10-11,13,15,17H,7-9H2,1-2H3,(H3,20,22,24);1H/t10?,11-,13+,15?,17-,19-;/m0./s1. The molecule has 5 rings (SSSR count). The highest BCUT2D eigenvalue weighted by Crippen LogP contribution is 2.66. The molecule has 3 aliphatic carbocycles. The van der Waals surface area contributed by atoms with Gasteiger partial charge in [0.15, 0.2) is 5.76 Å². The number of nitrogens with two attached hydrogens (primary N) is 1. The number of hydrogen-bond acceptors (Lipinski definition) is 5. The number of methoxy groups -OCH3 is 1. The molecule has 0 radical (unpaired) electrons. The van der Waals surface area contributed by atoms with Crippen molar-refractivity contribution < 1.29 is 14.3 Å². The number of nitrogens with zero attached hydrogens (tertiary/aromatic N) is 2. The van der Waals surface area contributed by atoms with Crippen molar-refractivity contribution in [1.29, 1.82) is 0 Å². The molecule has 1 saturated carbocycles. The lowest BCUT2D eigenvalue weighted by Crippen LogP contribution is -2.64. The van der Waals surface area contributed by atoms with Crippen molar-refractivity contribution in [3.63, 3.8) is 0 Å². The van der Waals surface area contributed by atoms with Gasteiger partial charge in [-0.25, -0.2) is 10.2 Å². The monoisotopic (exact) mass is 392 g/mol. The fourth-order valence-electron chi connectivity index (χ4n) is 6.07. The summed E-state index contributed by atoms with van der Waals surface area (Å²) in [6, 6.07) is -0.173. The zero-order valence-corrected chi connectivity index (χ0v) is 16.2. The second kappa shape index (κ2) is 6.27. The Hall–Kier alpha value is -1.99. The maximum Gasteiger partial charge on any atom is 0.332 e. The molecule has 2 unspecified atom stereocenters. The van der Waals surface area contributed by atoms with E-state index >= 15 is 0 Å². The fourth-order valence-corrected chi connectivity index (χ4v) is 6.07. The first-order valence-corrected chi connectivity index (χ1v) is 9.20. The Morgan fingerprint density at radius 3 is 3.00 bits per heavy atom. The van der Waals surface area contributed by atoms with Crippen LogP contribution in [-0.2, 0) is 9.47 Å². The van der Waals surface area contributed by atoms with Gasteiger partial charge in [-0.15, -0.1) is 12.4 Å². The predicted molar refractivity (Wildman–Crippen MR) is 103 cm³/mol. The van der Waals surface area contributed by atoms with E-state index in [1.807, 2.05) is 12.2 Å².